The minimum absolute atomic E-state index is 0. The first-order chi connectivity index (χ1) is 15.1. The van der Waals surface area contributed by atoms with Crippen LogP contribution in [0.1, 0.15) is 21.5 Å². The molecule has 0 aliphatic rings. The second-order valence-corrected chi connectivity index (χ2v) is 7.81. The highest BCUT2D eigenvalue weighted by molar-refractivity contribution is 6.31. The number of carbonyl (C=O) groups excluding carboxylic acids is 1. The Morgan fingerprint density at radius 3 is 2.44 bits per heavy atom. The number of hydrogen-bond donors (Lipinski definition) is 1. The van der Waals surface area contributed by atoms with Crippen LogP contribution in [0.5, 0.6) is 5.75 Å². The summed E-state index contributed by atoms with van der Waals surface area (Å²) in [4.78, 5) is 12.5. The van der Waals surface area contributed by atoms with Gasteiger partial charge in [-0.3, -0.25) is 4.79 Å². The standard InChI is InChI=1S/C26H23ClN2O2.ClH/c1-31-24-9-8-20-16-22(7-6-21(20)17-24)26(30)28-13-10-19-11-14-29(15-12-19)18-23-4-2-3-5-25(23)27;/h2-9,11-12,14-17H,10,13,18H2,1H3;1H. The van der Waals surface area contributed by atoms with Crippen molar-refractivity contribution in [3.8, 4) is 5.75 Å². The summed E-state index contributed by atoms with van der Waals surface area (Å²) in [7, 11) is 1.65. The maximum atomic E-state index is 12.5. The molecule has 32 heavy (non-hydrogen) atoms. The summed E-state index contributed by atoms with van der Waals surface area (Å²) < 4.78 is 7.34. The highest BCUT2D eigenvalue weighted by Gasteiger charge is 2.09. The molecular weight excluding hydrogens is 443 g/mol. The van der Waals surface area contributed by atoms with E-state index in [-0.39, 0.29) is 18.3 Å². The minimum Gasteiger partial charge on any atom is -1.00 e. The van der Waals surface area contributed by atoms with Gasteiger partial charge in [0.15, 0.2) is 18.9 Å². The molecule has 4 aromatic rings. The van der Waals surface area contributed by atoms with Crippen LogP contribution in [0.4, 0.5) is 0 Å². The van der Waals surface area contributed by atoms with Gasteiger partial charge in [0.25, 0.3) is 5.91 Å². The lowest BCUT2D eigenvalue weighted by Gasteiger charge is -2.07. The number of ether oxygens (including phenoxy) is 1. The summed E-state index contributed by atoms with van der Waals surface area (Å²) in [6.45, 7) is 1.30. The number of nitrogens with one attached hydrogen (secondary N) is 1. The summed E-state index contributed by atoms with van der Waals surface area (Å²) in [6.07, 6.45) is 4.85. The fraction of sp³-hybridized carbons (Fsp3) is 0.154. The van der Waals surface area contributed by atoms with E-state index >= 15 is 0 Å². The van der Waals surface area contributed by atoms with Crippen LogP contribution in [-0.4, -0.2) is 19.6 Å². The Labute approximate surface area is 199 Å². The van der Waals surface area contributed by atoms with Crippen molar-refractivity contribution in [1.29, 1.82) is 0 Å². The van der Waals surface area contributed by atoms with Crippen molar-refractivity contribution >= 4 is 28.3 Å². The fourth-order valence-corrected chi connectivity index (χ4v) is 3.69. The van der Waals surface area contributed by atoms with Crippen molar-refractivity contribution in [1.82, 2.24) is 5.32 Å². The van der Waals surface area contributed by atoms with Crippen LogP contribution in [0, 0.1) is 0 Å². The van der Waals surface area contributed by atoms with Gasteiger partial charge >= 0.3 is 0 Å². The van der Waals surface area contributed by atoms with Gasteiger partial charge in [0.2, 0.25) is 0 Å². The molecule has 1 amide bonds. The van der Waals surface area contributed by atoms with Gasteiger partial charge < -0.3 is 22.5 Å². The highest BCUT2D eigenvalue weighted by atomic mass is 35.5. The molecular formula is C26H24Cl2N2O2. The molecule has 0 saturated carbocycles. The van der Waals surface area contributed by atoms with Crippen molar-refractivity contribution in [3.05, 3.63) is 107 Å². The second-order valence-electron chi connectivity index (χ2n) is 7.40. The van der Waals surface area contributed by atoms with E-state index in [0.29, 0.717) is 12.1 Å². The predicted molar refractivity (Wildman–Crippen MR) is 124 cm³/mol. The van der Waals surface area contributed by atoms with E-state index in [1.54, 1.807) is 7.11 Å². The third kappa shape index (κ3) is 5.78. The minimum atomic E-state index is -0.0672. The second kappa shape index (κ2) is 11.0. The molecule has 0 unspecified atom stereocenters. The third-order valence-corrected chi connectivity index (χ3v) is 5.65. The lowest BCUT2D eigenvalue weighted by Crippen LogP contribution is -3.00. The SMILES string of the molecule is COc1ccc2cc(C(=O)NCCc3cc[n+](Cc4ccccc4Cl)cc3)ccc2c1.[Cl-]. The first-order valence-electron chi connectivity index (χ1n) is 10.2. The van der Waals surface area contributed by atoms with Crippen LogP contribution in [0.15, 0.2) is 85.2 Å². The van der Waals surface area contributed by atoms with Crippen molar-refractivity contribution in [2.45, 2.75) is 13.0 Å². The number of rotatable bonds is 7. The number of benzene rings is 3. The number of halogens is 2. The molecule has 0 spiro atoms. The normalized spacial score (nSPS) is 10.4. The van der Waals surface area contributed by atoms with Gasteiger partial charge in [0.1, 0.15) is 5.75 Å². The van der Waals surface area contributed by atoms with Crippen molar-refractivity contribution in [2.75, 3.05) is 13.7 Å². The van der Waals surface area contributed by atoms with Crippen molar-refractivity contribution < 1.29 is 26.5 Å². The number of methoxy groups -OCH3 is 1. The number of aromatic nitrogens is 1. The van der Waals surface area contributed by atoms with Crippen LogP contribution >= 0.6 is 11.6 Å². The summed E-state index contributed by atoms with van der Waals surface area (Å²) >= 11 is 6.24. The van der Waals surface area contributed by atoms with Gasteiger partial charge in [0.05, 0.1) is 12.1 Å². The Balaban J connectivity index is 0.00000289. The van der Waals surface area contributed by atoms with Crippen LogP contribution in [0.25, 0.3) is 10.8 Å². The average Bonchev–Trinajstić information content (AvgIpc) is 2.81. The lowest BCUT2D eigenvalue weighted by atomic mass is 10.1. The number of nitrogens with zero attached hydrogens (tertiary/aromatic N) is 1. The first-order valence-corrected chi connectivity index (χ1v) is 10.6. The molecule has 4 rings (SSSR count). The molecule has 4 nitrogen and oxygen atoms in total. The van der Waals surface area contributed by atoms with Crippen LogP contribution in [0.2, 0.25) is 5.02 Å². The maximum absolute atomic E-state index is 12.5. The van der Waals surface area contributed by atoms with Gasteiger partial charge in [-0.25, -0.2) is 4.57 Å². The quantitative estimate of drug-likeness (QED) is 0.422. The summed E-state index contributed by atoms with van der Waals surface area (Å²) in [5.41, 5.74) is 2.91. The molecule has 0 bridgehead atoms. The van der Waals surface area contributed by atoms with Gasteiger partial charge in [-0.1, -0.05) is 41.9 Å². The number of pyridine rings is 1. The molecule has 0 radical (unpaired) electrons. The predicted octanol–water partition coefficient (Wildman–Crippen LogP) is 1.81. The summed E-state index contributed by atoms with van der Waals surface area (Å²) in [5, 5.41) is 5.84. The smallest absolute Gasteiger partial charge is 0.251 e. The van der Waals surface area contributed by atoms with Gasteiger partial charge in [-0.05, 0) is 53.1 Å². The van der Waals surface area contributed by atoms with Gasteiger partial charge in [-0.2, -0.15) is 0 Å². The Morgan fingerprint density at radius 2 is 1.69 bits per heavy atom. The topological polar surface area (TPSA) is 42.2 Å². The maximum Gasteiger partial charge on any atom is 0.251 e. The van der Waals surface area contributed by atoms with Crippen LogP contribution in [0.3, 0.4) is 0 Å². The van der Waals surface area contributed by atoms with Gasteiger partial charge in [0, 0.05) is 29.8 Å². The zero-order chi connectivity index (χ0) is 21.6. The van der Waals surface area contributed by atoms with E-state index in [0.717, 1.165) is 40.1 Å². The molecule has 0 aliphatic carbocycles. The van der Waals surface area contributed by atoms with Crippen LogP contribution < -0.4 is 27.0 Å². The van der Waals surface area contributed by atoms with Gasteiger partial charge in [-0.15, -0.1) is 0 Å². The van der Waals surface area contributed by atoms with Crippen molar-refractivity contribution in [2.24, 2.45) is 0 Å². The van der Waals surface area contributed by atoms with E-state index in [1.165, 1.54) is 5.56 Å². The van der Waals surface area contributed by atoms with E-state index in [2.05, 4.69) is 22.0 Å². The Hall–Kier alpha value is -3.08. The number of carbonyl (C=O) groups is 1. The average molecular weight is 467 g/mol. The zero-order valence-electron chi connectivity index (χ0n) is 17.7. The van der Waals surface area contributed by atoms with E-state index < -0.39 is 0 Å². The lowest BCUT2D eigenvalue weighted by molar-refractivity contribution is -0.688. The summed E-state index contributed by atoms with van der Waals surface area (Å²) in [5.74, 6) is 0.739. The Morgan fingerprint density at radius 1 is 0.969 bits per heavy atom. The van der Waals surface area contributed by atoms with E-state index in [4.69, 9.17) is 16.3 Å². The van der Waals surface area contributed by atoms with Crippen LogP contribution in [-0.2, 0) is 13.0 Å². The molecule has 1 aromatic heterocycles. The first kappa shape index (κ1) is 23.6. The molecule has 6 heteroatoms. The van der Waals surface area contributed by atoms with E-state index in [9.17, 15) is 4.79 Å². The zero-order valence-corrected chi connectivity index (χ0v) is 19.2. The third-order valence-electron chi connectivity index (χ3n) is 5.28. The molecule has 164 valence electrons. The Bertz CT molecular complexity index is 1210. The molecule has 0 aliphatic heterocycles. The Kier molecular flexibility index (Phi) is 8.09. The number of fused-ring (bicyclic) bond motifs is 1. The molecule has 0 saturated heterocycles. The fourth-order valence-electron chi connectivity index (χ4n) is 3.50. The molecule has 3 aromatic carbocycles. The number of hydrogen-bond acceptors (Lipinski definition) is 2. The van der Waals surface area contributed by atoms with E-state index in [1.807, 2.05) is 73.1 Å². The largest absolute Gasteiger partial charge is 1.00 e. The van der Waals surface area contributed by atoms with Crippen molar-refractivity contribution in [3.63, 3.8) is 0 Å². The molecule has 0 atom stereocenters. The highest BCUT2D eigenvalue weighted by Crippen LogP contribution is 2.22. The molecule has 1 N–H and O–H groups in total. The number of amides is 1. The monoisotopic (exact) mass is 466 g/mol. The molecule has 1 heterocycles. The molecule has 0 fully saturated rings. The summed E-state index contributed by atoms with van der Waals surface area (Å²) in [6, 6.07) is 23.5.